The van der Waals surface area contributed by atoms with Gasteiger partial charge in [0.1, 0.15) is 5.76 Å². The van der Waals surface area contributed by atoms with Crippen molar-refractivity contribution < 1.29 is 9.21 Å². The molecule has 4 nitrogen and oxygen atoms in total. The molecule has 0 radical (unpaired) electrons. The summed E-state index contributed by atoms with van der Waals surface area (Å²) in [7, 11) is 0. The van der Waals surface area contributed by atoms with Crippen LogP contribution < -0.4 is 10.6 Å². The highest BCUT2D eigenvalue weighted by Crippen LogP contribution is 2.33. The highest BCUT2D eigenvalue weighted by molar-refractivity contribution is 6.33. The van der Waals surface area contributed by atoms with Crippen LogP contribution in [0.25, 0.3) is 0 Å². The fraction of sp³-hybridized carbons (Fsp3) is 0.154. The molecule has 3 rings (SSSR count). The molecule has 19 heavy (non-hydrogen) atoms. The van der Waals surface area contributed by atoms with E-state index in [0.717, 1.165) is 22.7 Å². The molecule has 0 saturated heterocycles. The van der Waals surface area contributed by atoms with E-state index in [-0.39, 0.29) is 5.91 Å². The average molecular weight is 297 g/mol. The van der Waals surface area contributed by atoms with Crippen LogP contribution in [0.1, 0.15) is 11.3 Å². The average Bonchev–Trinajstić information content (AvgIpc) is 2.91. The Bertz CT molecular complexity index is 652. The number of benzene rings is 1. The van der Waals surface area contributed by atoms with Crippen molar-refractivity contribution in [3.8, 4) is 0 Å². The zero-order valence-corrected chi connectivity index (χ0v) is 11.3. The van der Waals surface area contributed by atoms with Crippen LogP contribution in [-0.4, -0.2) is 5.91 Å². The van der Waals surface area contributed by atoms with Gasteiger partial charge in [0, 0.05) is 5.69 Å². The Hall–Kier alpha value is -1.65. The number of carbonyl (C=O) groups is 1. The van der Waals surface area contributed by atoms with Crippen molar-refractivity contribution in [2.75, 3.05) is 10.6 Å². The van der Waals surface area contributed by atoms with Gasteiger partial charge in [-0.1, -0.05) is 11.6 Å². The zero-order valence-electron chi connectivity index (χ0n) is 9.80. The maximum atomic E-state index is 11.3. The van der Waals surface area contributed by atoms with Gasteiger partial charge in [0.05, 0.1) is 23.7 Å². The minimum absolute atomic E-state index is 0.0129. The SMILES string of the molecule is O=C1Cc2cc(NCc3ccc(Cl)o3)c(Cl)cc2N1. The fourth-order valence-electron chi connectivity index (χ4n) is 2.01. The number of carbonyl (C=O) groups excluding carboxylic acids is 1. The molecule has 2 aromatic rings. The van der Waals surface area contributed by atoms with Gasteiger partial charge in [-0.3, -0.25) is 4.79 Å². The number of fused-ring (bicyclic) bond motifs is 1. The Morgan fingerprint density at radius 1 is 1.32 bits per heavy atom. The Labute approximate surface area is 119 Å². The van der Waals surface area contributed by atoms with Crippen molar-refractivity contribution in [2.45, 2.75) is 13.0 Å². The Morgan fingerprint density at radius 2 is 2.16 bits per heavy atom. The third kappa shape index (κ3) is 2.55. The van der Waals surface area contributed by atoms with E-state index in [1.54, 1.807) is 18.2 Å². The summed E-state index contributed by atoms with van der Waals surface area (Å²) in [5, 5.41) is 6.83. The van der Waals surface area contributed by atoms with Crippen molar-refractivity contribution >= 4 is 40.5 Å². The molecule has 98 valence electrons. The third-order valence-corrected chi connectivity index (χ3v) is 3.42. The molecule has 0 unspecified atom stereocenters. The van der Waals surface area contributed by atoms with Crippen LogP contribution in [0.4, 0.5) is 11.4 Å². The summed E-state index contributed by atoms with van der Waals surface area (Å²) in [5.41, 5.74) is 2.49. The van der Waals surface area contributed by atoms with E-state index in [0.29, 0.717) is 23.2 Å². The number of hydrogen-bond donors (Lipinski definition) is 2. The Kier molecular flexibility index (Phi) is 3.12. The number of nitrogens with one attached hydrogen (secondary N) is 2. The summed E-state index contributed by atoms with van der Waals surface area (Å²) < 4.78 is 5.25. The maximum absolute atomic E-state index is 11.3. The molecule has 1 aromatic carbocycles. The number of amides is 1. The molecule has 2 N–H and O–H groups in total. The number of furan rings is 1. The summed E-state index contributed by atoms with van der Waals surface area (Å²) in [4.78, 5) is 11.3. The van der Waals surface area contributed by atoms with Crippen LogP contribution in [0.5, 0.6) is 0 Å². The largest absolute Gasteiger partial charge is 0.448 e. The first-order valence-corrected chi connectivity index (χ1v) is 6.48. The summed E-state index contributed by atoms with van der Waals surface area (Å²) in [6.45, 7) is 0.479. The van der Waals surface area contributed by atoms with E-state index in [2.05, 4.69) is 10.6 Å². The van der Waals surface area contributed by atoms with Crippen LogP contribution in [0.3, 0.4) is 0 Å². The smallest absolute Gasteiger partial charge is 0.228 e. The highest BCUT2D eigenvalue weighted by atomic mass is 35.5. The van der Waals surface area contributed by atoms with E-state index < -0.39 is 0 Å². The minimum atomic E-state index is -0.0129. The van der Waals surface area contributed by atoms with Crippen molar-refractivity contribution in [3.05, 3.63) is 45.8 Å². The summed E-state index contributed by atoms with van der Waals surface area (Å²) >= 11 is 11.9. The predicted octanol–water partition coefficient (Wildman–Crippen LogP) is 3.69. The summed E-state index contributed by atoms with van der Waals surface area (Å²) in [5.74, 6) is 0.705. The van der Waals surface area contributed by atoms with Gasteiger partial charge in [0.25, 0.3) is 0 Å². The van der Waals surface area contributed by atoms with E-state index in [4.69, 9.17) is 27.6 Å². The lowest BCUT2D eigenvalue weighted by Gasteiger charge is -2.09. The van der Waals surface area contributed by atoms with Gasteiger partial charge in [-0.15, -0.1) is 0 Å². The van der Waals surface area contributed by atoms with Crippen LogP contribution in [0.2, 0.25) is 10.2 Å². The second kappa shape index (κ2) is 4.79. The first-order chi connectivity index (χ1) is 9.11. The number of hydrogen-bond acceptors (Lipinski definition) is 3. The molecule has 0 spiro atoms. The first kappa shape index (κ1) is 12.4. The second-order valence-electron chi connectivity index (χ2n) is 4.27. The quantitative estimate of drug-likeness (QED) is 0.908. The number of anilines is 2. The molecule has 2 heterocycles. The van der Waals surface area contributed by atoms with Gasteiger partial charge in [-0.05, 0) is 41.4 Å². The second-order valence-corrected chi connectivity index (χ2v) is 5.05. The fourth-order valence-corrected chi connectivity index (χ4v) is 2.41. The predicted molar refractivity (Wildman–Crippen MR) is 74.8 cm³/mol. The normalized spacial score (nSPS) is 13.3. The monoisotopic (exact) mass is 296 g/mol. The highest BCUT2D eigenvalue weighted by Gasteiger charge is 2.19. The molecular formula is C13H10Cl2N2O2. The zero-order chi connectivity index (χ0) is 13.4. The summed E-state index contributed by atoms with van der Waals surface area (Å²) in [6.07, 6.45) is 0.383. The van der Waals surface area contributed by atoms with Gasteiger partial charge < -0.3 is 15.1 Å². The van der Waals surface area contributed by atoms with Crippen LogP contribution >= 0.6 is 23.2 Å². The van der Waals surface area contributed by atoms with Gasteiger partial charge in [-0.2, -0.15) is 0 Å². The molecule has 0 aliphatic carbocycles. The molecule has 1 amide bonds. The Morgan fingerprint density at radius 3 is 2.89 bits per heavy atom. The van der Waals surface area contributed by atoms with Gasteiger partial charge in [0.2, 0.25) is 5.91 Å². The van der Waals surface area contributed by atoms with Crippen LogP contribution in [0.15, 0.2) is 28.7 Å². The van der Waals surface area contributed by atoms with E-state index in [9.17, 15) is 4.79 Å². The van der Waals surface area contributed by atoms with Crippen molar-refractivity contribution in [1.82, 2.24) is 0 Å². The van der Waals surface area contributed by atoms with Crippen LogP contribution in [0, 0.1) is 0 Å². The topological polar surface area (TPSA) is 54.3 Å². The standard InChI is InChI=1S/C13H10Cl2N2O2/c14-9-5-10-7(4-13(18)17-10)3-11(9)16-6-8-1-2-12(15)19-8/h1-3,5,16H,4,6H2,(H,17,18). The van der Waals surface area contributed by atoms with Crippen molar-refractivity contribution in [2.24, 2.45) is 0 Å². The lowest BCUT2D eigenvalue weighted by atomic mass is 10.1. The molecule has 1 aliphatic heterocycles. The lowest BCUT2D eigenvalue weighted by Crippen LogP contribution is -2.03. The molecule has 0 atom stereocenters. The third-order valence-electron chi connectivity index (χ3n) is 2.90. The van der Waals surface area contributed by atoms with Gasteiger partial charge in [0.15, 0.2) is 5.22 Å². The number of rotatable bonds is 3. The molecular weight excluding hydrogens is 287 g/mol. The van der Waals surface area contributed by atoms with E-state index >= 15 is 0 Å². The van der Waals surface area contributed by atoms with Gasteiger partial charge in [-0.25, -0.2) is 0 Å². The molecule has 1 aromatic heterocycles. The lowest BCUT2D eigenvalue weighted by molar-refractivity contribution is -0.115. The molecule has 0 saturated carbocycles. The van der Waals surface area contributed by atoms with Crippen molar-refractivity contribution in [3.63, 3.8) is 0 Å². The maximum Gasteiger partial charge on any atom is 0.228 e. The van der Waals surface area contributed by atoms with E-state index in [1.165, 1.54) is 0 Å². The molecule has 1 aliphatic rings. The molecule has 0 fully saturated rings. The minimum Gasteiger partial charge on any atom is -0.448 e. The first-order valence-electron chi connectivity index (χ1n) is 5.72. The molecule has 6 heteroatoms. The molecule has 0 bridgehead atoms. The van der Waals surface area contributed by atoms with Crippen LogP contribution in [-0.2, 0) is 17.8 Å². The van der Waals surface area contributed by atoms with Crippen molar-refractivity contribution in [1.29, 1.82) is 0 Å². The van der Waals surface area contributed by atoms with Gasteiger partial charge >= 0.3 is 0 Å². The summed E-state index contributed by atoms with van der Waals surface area (Å²) in [6, 6.07) is 7.10. The van der Waals surface area contributed by atoms with E-state index in [1.807, 2.05) is 6.07 Å². The Balaban J connectivity index is 1.78. The number of halogens is 2.